The van der Waals surface area contributed by atoms with E-state index in [1.807, 2.05) is 24.3 Å². The van der Waals surface area contributed by atoms with E-state index in [4.69, 9.17) is 33.9 Å². The Balaban J connectivity index is 1.35. The molecule has 1 aliphatic carbocycles. The number of halogens is 2. The number of hydrogen-bond donors (Lipinski definition) is 1. The largest absolute Gasteiger partial charge is 0.381 e. The van der Waals surface area contributed by atoms with Gasteiger partial charge in [0.2, 0.25) is 0 Å². The highest BCUT2D eigenvalue weighted by Gasteiger charge is 2.27. The van der Waals surface area contributed by atoms with Gasteiger partial charge in [0.05, 0.1) is 11.0 Å². The fourth-order valence-electron chi connectivity index (χ4n) is 4.08. The van der Waals surface area contributed by atoms with Gasteiger partial charge in [0.25, 0.3) is 0 Å². The van der Waals surface area contributed by atoms with Gasteiger partial charge in [0.15, 0.2) is 11.6 Å². The maximum Gasteiger partial charge on any atom is 0.172 e. The van der Waals surface area contributed by atoms with E-state index in [9.17, 15) is 0 Å². The van der Waals surface area contributed by atoms with Gasteiger partial charge in [-0.2, -0.15) is 0 Å². The maximum absolute atomic E-state index is 6.34. The zero-order valence-electron chi connectivity index (χ0n) is 16.1. The molecule has 2 N–H and O–H groups in total. The predicted molar refractivity (Wildman–Crippen MR) is 120 cm³/mol. The fraction of sp³-hybridized carbons (Fsp3) is 0.364. The molecule has 29 heavy (non-hydrogen) atoms. The van der Waals surface area contributed by atoms with Crippen LogP contribution in [-0.4, -0.2) is 41.0 Å². The summed E-state index contributed by atoms with van der Waals surface area (Å²) < 4.78 is 0. The summed E-state index contributed by atoms with van der Waals surface area (Å²) in [5.41, 5.74) is 10.5. The van der Waals surface area contributed by atoms with Crippen molar-refractivity contribution in [2.75, 3.05) is 36.8 Å². The molecule has 0 atom stereocenters. The Bertz CT molecular complexity index is 1040. The first-order valence-electron chi connectivity index (χ1n) is 10.1. The molecule has 0 spiro atoms. The van der Waals surface area contributed by atoms with Crippen LogP contribution in [0.3, 0.4) is 0 Å². The van der Waals surface area contributed by atoms with E-state index in [1.54, 1.807) is 0 Å². The Morgan fingerprint density at radius 3 is 2.31 bits per heavy atom. The zero-order valence-corrected chi connectivity index (χ0v) is 17.6. The lowest BCUT2D eigenvalue weighted by Crippen LogP contribution is -2.46. The molecule has 7 heteroatoms. The smallest absolute Gasteiger partial charge is 0.172 e. The molecule has 2 aromatic carbocycles. The van der Waals surface area contributed by atoms with Crippen LogP contribution >= 0.6 is 23.2 Å². The number of fused-ring (bicyclic) bond motifs is 1. The standard InChI is InChI=1S/C22H23Cl2N5/c23-17-4-2-5-18(24)16(17)13-28-9-11-29(12-10-28)22-21(25)26-19-6-1-3-15(14-7-8-14)20(19)27-22/h1-6,14H,7-13H2,(H2,25,26). The zero-order chi connectivity index (χ0) is 20.0. The summed E-state index contributed by atoms with van der Waals surface area (Å²) in [5, 5.41) is 1.44. The number of hydrogen-bond acceptors (Lipinski definition) is 5. The lowest BCUT2D eigenvalue weighted by atomic mass is 10.1. The number of piperazine rings is 1. The van der Waals surface area contributed by atoms with Crippen LogP contribution in [0.5, 0.6) is 0 Å². The van der Waals surface area contributed by atoms with Crippen molar-refractivity contribution in [3.63, 3.8) is 0 Å². The van der Waals surface area contributed by atoms with E-state index < -0.39 is 0 Å². The minimum absolute atomic E-state index is 0.507. The van der Waals surface area contributed by atoms with Crippen molar-refractivity contribution in [2.24, 2.45) is 0 Å². The lowest BCUT2D eigenvalue weighted by molar-refractivity contribution is 0.249. The molecule has 2 fully saturated rings. The van der Waals surface area contributed by atoms with Gasteiger partial charge in [-0.1, -0.05) is 41.4 Å². The average Bonchev–Trinajstić information content (AvgIpc) is 3.56. The van der Waals surface area contributed by atoms with Crippen LogP contribution in [0, 0.1) is 0 Å². The van der Waals surface area contributed by atoms with Crippen LogP contribution < -0.4 is 10.6 Å². The summed E-state index contributed by atoms with van der Waals surface area (Å²) in [4.78, 5) is 14.2. The number of anilines is 2. The average molecular weight is 428 g/mol. The maximum atomic E-state index is 6.34. The summed E-state index contributed by atoms with van der Waals surface area (Å²) in [5.74, 6) is 1.94. The minimum atomic E-state index is 0.507. The number of aromatic nitrogens is 2. The summed E-state index contributed by atoms with van der Waals surface area (Å²) in [6.45, 7) is 4.23. The first-order chi connectivity index (χ1) is 14.1. The molecular formula is C22H23Cl2N5. The number of rotatable bonds is 4. The van der Waals surface area contributed by atoms with Crippen molar-refractivity contribution < 1.29 is 0 Å². The molecule has 0 bridgehead atoms. The molecule has 3 aromatic rings. The van der Waals surface area contributed by atoms with Crippen LogP contribution in [0.1, 0.15) is 29.9 Å². The van der Waals surface area contributed by atoms with Crippen molar-refractivity contribution in [1.82, 2.24) is 14.9 Å². The first-order valence-corrected chi connectivity index (χ1v) is 10.8. The third kappa shape index (κ3) is 3.75. The van der Waals surface area contributed by atoms with Crippen molar-refractivity contribution in [3.05, 3.63) is 57.6 Å². The molecule has 1 aromatic heterocycles. The third-order valence-corrected chi connectivity index (χ3v) is 6.57. The molecule has 5 nitrogen and oxygen atoms in total. The van der Waals surface area contributed by atoms with Gasteiger partial charge in [-0.15, -0.1) is 0 Å². The van der Waals surface area contributed by atoms with Gasteiger partial charge in [0.1, 0.15) is 0 Å². The number of nitrogens with two attached hydrogens (primary N) is 1. The molecule has 1 aliphatic heterocycles. The molecule has 0 unspecified atom stereocenters. The van der Waals surface area contributed by atoms with Gasteiger partial charge in [-0.3, -0.25) is 4.90 Å². The third-order valence-electron chi connectivity index (χ3n) is 5.87. The molecule has 5 rings (SSSR count). The fourth-order valence-corrected chi connectivity index (χ4v) is 4.60. The highest BCUT2D eigenvalue weighted by molar-refractivity contribution is 6.35. The number of nitrogens with zero attached hydrogens (tertiary/aromatic N) is 4. The second-order valence-electron chi connectivity index (χ2n) is 7.89. The molecule has 1 saturated heterocycles. The first kappa shape index (κ1) is 18.9. The van der Waals surface area contributed by atoms with E-state index in [2.05, 4.69) is 26.9 Å². The molecule has 0 radical (unpaired) electrons. The Morgan fingerprint density at radius 2 is 1.62 bits per heavy atom. The number of para-hydroxylation sites is 1. The van der Waals surface area contributed by atoms with Crippen molar-refractivity contribution in [1.29, 1.82) is 0 Å². The Morgan fingerprint density at radius 1 is 0.931 bits per heavy atom. The van der Waals surface area contributed by atoms with Crippen molar-refractivity contribution in [3.8, 4) is 0 Å². The van der Waals surface area contributed by atoms with E-state index >= 15 is 0 Å². The van der Waals surface area contributed by atoms with Gasteiger partial charge >= 0.3 is 0 Å². The Kier molecular flexibility index (Phi) is 4.98. The van der Waals surface area contributed by atoms with Crippen LogP contribution in [0.2, 0.25) is 10.0 Å². The molecule has 2 heterocycles. The highest BCUT2D eigenvalue weighted by Crippen LogP contribution is 2.43. The molecule has 2 aliphatic rings. The Hall–Kier alpha value is -2.08. The highest BCUT2D eigenvalue weighted by atomic mass is 35.5. The molecular weight excluding hydrogens is 405 g/mol. The molecule has 150 valence electrons. The lowest BCUT2D eigenvalue weighted by Gasteiger charge is -2.36. The Labute approximate surface area is 180 Å². The summed E-state index contributed by atoms with van der Waals surface area (Å²) in [7, 11) is 0. The monoisotopic (exact) mass is 427 g/mol. The molecule has 1 saturated carbocycles. The summed E-state index contributed by atoms with van der Waals surface area (Å²) in [6.07, 6.45) is 2.48. The number of nitrogen functional groups attached to an aromatic ring is 1. The molecule has 0 amide bonds. The topological polar surface area (TPSA) is 58.3 Å². The van der Waals surface area contributed by atoms with Gasteiger partial charge < -0.3 is 10.6 Å². The van der Waals surface area contributed by atoms with Gasteiger partial charge in [0, 0.05) is 48.3 Å². The summed E-state index contributed by atoms with van der Waals surface area (Å²) in [6, 6.07) is 11.9. The SMILES string of the molecule is Nc1nc2cccc(C3CC3)c2nc1N1CCN(Cc2c(Cl)cccc2Cl)CC1. The number of benzene rings is 2. The second-order valence-corrected chi connectivity index (χ2v) is 8.70. The van der Waals surface area contributed by atoms with E-state index in [0.29, 0.717) is 11.7 Å². The van der Waals surface area contributed by atoms with Crippen LogP contribution in [0.4, 0.5) is 11.6 Å². The quantitative estimate of drug-likeness (QED) is 0.652. The van der Waals surface area contributed by atoms with Crippen LogP contribution in [0.25, 0.3) is 11.0 Å². The van der Waals surface area contributed by atoms with E-state index in [0.717, 1.165) is 65.2 Å². The predicted octanol–water partition coefficient (Wildman–Crippen LogP) is 4.72. The van der Waals surface area contributed by atoms with Gasteiger partial charge in [-0.25, -0.2) is 9.97 Å². The minimum Gasteiger partial charge on any atom is -0.381 e. The second kappa shape index (κ2) is 7.63. The van der Waals surface area contributed by atoms with Crippen LogP contribution in [-0.2, 0) is 6.54 Å². The van der Waals surface area contributed by atoms with Crippen molar-refractivity contribution in [2.45, 2.75) is 25.3 Å². The summed E-state index contributed by atoms with van der Waals surface area (Å²) >= 11 is 12.7. The normalized spacial score (nSPS) is 17.8. The van der Waals surface area contributed by atoms with Crippen molar-refractivity contribution >= 4 is 45.9 Å². The van der Waals surface area contributed by atoms with Gasteiger partial charge in [-0.05, 0) is 42.5 Å². The van der Waals surface area contributed by atoms with E-state index in [-0.39, 0.29) is 0 Å². The van der Waals surface area contributed by atoms with Crippen LogP contribution in [0.15, 0.2) is 36.4 Å². The van der Waals surface area contributed by atoms with E-state index in [1.165, 1.54) is 18.4 Å².